The Balaban J connectivity index is 0.00000324. The Morgan fingerprint density at radius 2 is 2.05 bits per heavy atom. The molecule has 0 spiro atoms. The number of carbonyl (C=O) groups is 2. The number of esters is 1. The molecule has 0 radical (unpaired) electrons. The molecule has 1 aliphatic heterocycles. The Labute approximate surface area is 115 Å². The van der Waals surface area contributed by atoms with Crippen LogP contribution in [0, 0.1) is 0 Å². The van der Waals surface area contributed by atoms with Gasteiger partial charge in [-0.1, -0.05) is 0 Å². The summed E-state index contributed by atoms with van der Waals surface area (Å²) in [4.78, 5) is 22.6. The molecule has 0 unspecified atom stereocenters. The number of carboxylic acid groups (broad SMARTS) is 1. The summed E-state index contributed by atoms with van der Waals surface area (Å²) in [5.41, 5.74) is 0. The van der Waals surface area contributed by atoms with Crippen molar-refractivity contribution in [3.63, 3.8) is 0 Å². The molecule has 0 saturated carbocycles. The summed E-state index contributed by atoms with van der Waals surface area (Å²) in [5, 5.41) is 8.25. The Morgan fingerprint density at radius 1 is 1.37 bits per heavy atom. The highest BCUT2D eigenvalue weighted by Gasteiger charge is 2.37. The van der Waals surface area contributed by atoms with Gasteiger partial charge >= 0.3 is 11.9 Å². The van der Waals surface area contributed by atoms with Gasteiger partial charge in [-0.05, 0) is 6.42 Å². The summed E-state index contributed by atoms with van der Waals surface area (Å²) in [7, 11) is 0. The molecule has 0 amide bonds. The van der Waals surface area contributed by atoms with Crippen molar-refractivity contribution >= 4 is 24.3 Å². The molecule has 5 nitrogen and oxygen atoms in total. The predicted octanol–water partition coefficient (Wildman–Crippen LogP) is 1.32. The summed E-state index contributed by atoms with van der Waals surface area (Å²) in [5.74, 6) is -4.59. The van der Waals surface area contributed by atoms with Gasteiger partial charge in [0.25, 0.3) is 5.92 Å². The highest BCUT2D eigenvalue weighted by atomic mass is 35.5. The normalized spacial score (nSPS) is 18.2. The lowest BCUT2D eigenvalue weighted by Gasteiger charge is -2.14. The number of likely N-dealkylation sites (tertiary alicyclic amines) is 1. The molecular formula is C11H16ClF2NO4. The Bertz CT molecular complexity index is 350. The smallest absolute Gasteiger partial charge is 0.331 e. The number of alkyl halides is 2. The third kappa shape index (κ3) is 7.74. The van der Waals surface area contributed by atoms with Gasteiger partial charge in [0.15, 0.2) is 0 Å². The van der Waals surface area contributed by atoms with E-state index in [1.807, 2.05) is 0 Å². The van der Waals surface area contributed by atoms with E-state index in [0.29, 0.717) is 25.6 Å². The van der Waals surface area contributed by atoms with Crippen LogP contribution in [0.2, 0.25) is 0 Å². The van der Waals surface area contributed by atoms with E-state index < -0.39 is 17.9 Å². The molecule has 0 aromatic carbocycles. The maximum Gasteiger partial charge on any atom is 0.331 e. The average Bonchev–Trinajstić information content (AvgIpc) is 2.61. The average molecular weight is 300 g/mol. The molecule has 19 heavy (non-hydrogen) atoms. The molecule has 1 heterocycles. The topological polar surface area (TPSA) is 66.8 Å². The fourth-order valence-electron chi connectivity index (χ4n) is 1.65. The number of hydrogen-bond donors (Lipinski definition) is 1. The van der Waals surface area contributed by atoms with Crippen molar-refractivity contribution in [2.45, 2.75) is 18.8 Å². The van der Waals surface area contributed by atoms with Crippen molar-refractivity contribution in [3.05, 3.63) is 12.2 Å². The van der Waals surface area contributed by atoms with Gasteiger partial charge in [0.1, 0.15) is 0 Å². The van der Waals surface area contributed by atoms with E-state index in [1.165, 1.54) is 0 Å². The monoisotopic (exact) mass is 299 g/mol. The lowest BCUT2D eigenvalue weighted by Crippen LogP contribution is -2.27. The SMILES string of the molecule is Cl.O=C(O)/C=C/C(=O)OCCCN1CCC(F)(F)C1. The number of carbonyl (C=O) groups excluding carboxylic acids is 1. The first-order valence-corrected chi connectivity index (χ1v) is 5.57. The van der Waals surface area contributed by atoms with Gasteiger partial charge in [-0.3, -0.25) is 4.90 Å². The zero-order valence-corrected chi connectivity index (χ0v) is 11.0. The van der Waals surface area contributed by atoms with E-state index in [2.05, 4.69) is 0 Å². The quantitative estimate of drug-likeness (QED) is 0.455. The maximum absolute atomic E-state index is 12.8. The van der Waals surface area contributed by atoms with Crippen molar-refractivity contribution < 1.29 is 28.2 Å². The Morgan fingerprint density at radius 3 is 2.58 bits per heavy atom. The molecule has 1 fully saturated rings. The molecule has 0 atom stereocenters. The summed E-state index contributed by atoms with van der Waals surface area (Å²) >= 11 is 0. The van der Waals surface area contributed by atoms with Crippen molar-refractivity contribution in [1.29, 1.82) is 0 Å². The Kier molecular flexibility index (Phi) is 7.55. The van der Waals surface area contributed by atoms with Crippen molar-refractivity contribution in [1.82, 2.24) is 4.90 Å². The van der Waals surface area contributed by atoms with E-state index >= 15 is 0 Å². The minimum Gasteiger partial charge on any atom is -0.478 e. The third-order valence-electron chi connectivity index (χ3n) is 2.47. The molecular weight excluding hydrogens is 284 g/mol. The second kappa shape index (κ2) is 8.06. The highest BCUT2D eigenvalue weighted by molar-refractivity contribution is 5.90. The first-order valence-electron chi connectivity index (χ1n) is 5.57. The second-order valence-electron chi connectivity index (χ2n) is 4.07. The number of halogens is 3. The van der Waals surface area contributed by atoms with Gasteiger partial charge in [0.05, 0.1) is 13.2 Å². The predicted molar refractivity (Wildman–Crippen MR) is 65.6 cm³/mol. The lowest BCUT2D eigenvalue weighted by atomic mass is 10.3. The van der Waals surface area contributed by atoms with Gasteiger partial charge in [0.2, 0.25) is 0 Å². The maximum atomic E-state index is 12.8. The van der Waals surface area contributed by atoms with E-state index in [9.17, 15) is 18.4 Å². The standard InChI is InChI=1S/C11H15F2NO4.ClH/c12-11(13)4-6-14(8-11)5-1-7-18-10(17)3-2-9(15)16;/h2-3H,1,4-8H2,(H,15,16);1H/b3-2+;. The summed E-state index contributed by atoms with van der Waals surface area (Å²) < 4.78 is 30.3. The second-order valence-corrected chi connectivity index (χ2v) is 4.07. The van der Waals surface area contributed by atoms with Crippen molar-refractivity contribution in [2.24, 2.45) is 0 Å². The number of hydrogen-bond acceptors (Lipinski definition) is 4. The Hall–Kier alpha value is -1.21. The van der Waals surface area contributed by atoms with Crippen LogP contribution in [0.1, 0.15) is 12.8 Å². The van der Waals surface area contributed by atoms with Gasteiger partial charge in [-0.2, -0.15) is 0 Å². The van der Waals surface area contributed by atoms with Gasteiger partial charge in [0, 0.05) is 31.7 Å². The van der Waals surface area contributed by atoms with Crippen LogP contribution in [0.15, 0.2) is 12.2 Å². The van der Waals surface area contributed by atoms with E-state index in [0.717, 1.165) is 6.08 Å². The van der Waals surface area contributed by atoms with Crippen molar-refractivity contribution in [2.75, 3.05) is 26.2 Å². The molecule has 0 aromatic rings. The largest absolute Gasteiger partial charge is 0.478 e. The fourth-order valence-corrected chi connectivity index (χ4v) is 1.65. The zero-order chi connectivity index (χ0) is 13.6. The van der Waals surface area contributed by atoms with Gasteiger partial charge in [-0.15, -0.1) is 12.4 Å². The molecule has 1 aliphatic rings. The van der Waals surface area contributed by atoms with Gasteiger partial charge < -0.3 is 9.84 Å². The molecule has 1 N–H and O–H groups in total. The minimum atomic E-state index is -2.61. The summed E-state index contributed by atoms with van der Waals surface area (Å²) in [6, 6.07) is 0. The van der Waals surface area contributed by atoms with E-state index in [4.69, 9.17) is 9.84 Å². The molecule has 1 saturated heterocycles. The zero-order valence-electron chi connectivity index (χ0n) is 10.2. The third-order valence-corrected chi connectivity index (χ3v) is 2.47. The molecule has 1 rings (SSSR count). The molecule has 0 bridgehead atoms. The van der Waals surface area contributed by atoms with Crippen LogP contribution < -0.4 is 0 Å². The van der Waals surface area contributed by atoms with Crippen LogP contribution in [0.3, 0.4) is 0 Å². The molecule has 0 aliphatic carbocycles. The van der Waals surface area contributed by atoms with Crippen LogP contribution >= 0.6 is 12.4 Å². The number of rotatable bonds is 6. The van der Waals surface area contributed by atoms with Crippen LogP contribution in [-0.4, -0.2) is 54.1 Å². The molecule has 110 valence electrons. The summed E-state index contributed by atoms with van der Waals surface area (Å²) in [6.07, 6.45) is 1.81. The van der Waals surface area contributed by atoms with Gasteiger partial charge in [-0.25, -0.2) is 18.4 Å². The first-order chi connectivity index (χ1) is 8.39. The first kappa shape index (κ1) is 17.8. The highest BCUT2D eigenvalue weighted by Crippen LogP contribution is 2.26. The summed E-state index contributed by atoms with van der Waals surface area (Å²) in [6.45, 7) is 0.621. The number of ether oxygens (including phenoxy) is 1. The lowest BCUT2D eigenvalue weighted by molar-refractivity contribution is -0.138. The van der Waals surface area contributed by atoms with Crippen LogP contribution in [0.4, 0.5) is 8.78 Å². The number of nitrogens with zero attached hydrogens (tertiary/aromatic N) is 1. The van der Waals surface area contributed by atoms with E-state index in [-0.39, 0.29) is 32.0 Å². The molecule has 0 aromatic heterocycles. The van der Waals surface area contributed by atoms with Crippen molar-refractivity contribution in [3.8, 4) is 0 Å². The minimum absolute atomic E-state index is 0. The van der Waals surface area contributed by atoms with E-state index in [1.54, 1.807) is 4.90 Å². The van der Waals surface area contributed by atoms with Crippen LogP contribution in [-0.2, 0) is 14.3 Å². The van der Waals surface area contributed by atoms with Crippen LogP contribution in [0.25, 0.3) is 0 Å². The number of aliphatic carboxylic acids is 1. The number of carboxylic acids is 1. The fraction of sp³-hybridized carbons (Fsp3) is 0.636. The van der Waals surface area contributed by atoms with Crippen LogP contribution in [0.5, 0.6) is 0 Å². The molecule has 8 heteroatoms.